The smallest absolute Gasteiger partial charge is 0.237 e. The highest BCUT2D eigenvalue weighted by atomic mass is 16.3. The first-order valence-corrected chi connectivity index (χ1v) is 5.29. The van der Waals surface area contributed by atoms with Crippen LogP contribution < -0.4 is 5.73 Å². The molecule has 92 valence electrons. The van der Waals surface area contributed by atoms with Gasteiger partial charge < -0.3 is 15.7 Å². The Morgan fingerprint density at radius 3 is 2.50 bits per heavy atom. The molecule has 0 aromatic carbocycles. The van der Waals surface area contributed by atoms with Crippen molar-refractivity contribution in [3.63, 3.8) is 0 Å². The number of hydrogen-bond acceptors (Lipinski definition) is 3. The summed E-state index contributed by atoms with van der Waals surface area (Å²) < 4.78 is 0. The number of nitrogens with two attached hydrogens (primary N) is 1. The summed E-state index contributed by atoms with van der Waals surface area (Å²) >= 11 is 0. The van der Waals surface area contributed by atoms with Gasteiger partial charge in [0.15, 0.2) is 0 Å². The summed E-state index contributed by atoms with van der Waals surface area (Å²) in [6.07, 6.45) is 2.60. The third-order valence-corrected chi connectivity index (χ3v) is 3.49. The van der Waals surface area contributed by atoms with E-state index in [0.29, 0.717) is 19.4 Å². The number of aliphatic hydroxyl groups excluding tert-OH is 1. The van der Waals surface area contributed by atoms with Crippen molar-refractivity contribution in [2.45, 2.75) is 39.2 Å². The summed E-state index contributed by atoms with van der Waals surface area (Å²) in [6, 6.07) is 0. The highest BCUT2D eigenvalue weighted by molar-refractivity contribution is 5.92. The third kappa shape index (κ3) is 2.04. The van der Waals surface area contributed by atoms with Gasteiger partial charge in [-0.25, -0.2) is 0 Å². The molecule has 1 spiro atoms. The maximum Gasteiger partial charge on any atom is 0.237 e. The number of rotatable bonds is 2. The molecule has 0 atom stereocenters. The molecule has 1 saturated heterocycles. The minimum Gasteiger partial charge on any atom is -0.393 e. The van der Waals surface area contributed by atoms with Crippen LogP contribution in [0.5, 0.6) is 0 Å². The minimum absolute atomic E-state index is 0. The molecule has 5 nitrogen and oxygen atoms in total. The van der Waals surface area contributed by atoms with Crippen molar-refractivity contribution in [2.24, 2.45) is 11.1 Å². The predicted molar refractivity (Wildman–Crippen MR) is 59.4 cm³/mol. The van der Waals surface area contributed by atoms with Gasteiger partial charge in [0.1, 0.15) is 0 Å². The molecule has 1 aliphatic heterocycles. The maximum atomic E-state index is 11.8. The summed E-state index contributed by atoms with van der Waals surface area (Å²) in [7, 11) is 0. The molecule has 1 saturated carbocycles. The summed E-state index contributed by atoms with van der Waals surface area (Å²) in [4.78, 5) is 24.0. The zero-order valence-electron chi connectivity index (χ0n) is 8.61. The van der Waals surface area contributed by atoms with Gasteiger partial charge in [-0.15, -0.1) is 0 Å². The molecule has 5 heteroatoms. The topological polar surface area (TPSA) is 83.6 Å². The lowest BCUT2D eigenvalue weighted by Crippen LogP contribution is -2.64. The Hall–Kier alpha value is -1.10. The first-order valence-electron chi connectivity index (χ1n) is 5.29. The van der Waals surface area contributed by atoms with Crippen LogP contribution in [-0.4, -0.2) is 41.0 Å². The van der Waals surface area contributed by atoms with Crippen LogP contribution in [0.2, 0.25) is 0 Å². The van der Waals surface area contributed by atoms with Crippen molar-refractivity contribution in [2.75, 3.05) is 13.1 Å². The quantitative estimate of drug-likeness (QED) is 0.646. The number of carbonyl (C=O) groups is 2. The summed E-state index contributed by atoms with van der Waals surface area (Å²) in [5, 5.41) is 9.36. The number of primary amides is 1. The second kappa shape index (κ2) is 4.41. The van der Waals surface area contributed by atoms with Crippen molar-refractivity contribution in [1.82, 2.24) is 4.90 Å². The lowest BCUT2D eigenvalue weighted by Gasteiger charge is -2.51. The first kappa shape index (κ1) is 13.0. The van der Waals surface area contributed by atoms with Gasteiger partial charge in [0.25, 0.3) is 0 Å². The van der Waals surface area contributed by atoms with Crippen molar-refractivity contribution in [3.8, 4) is 0 Å². The summed E-state index contributed by atoms with van der Waals surface area (Å²) in [5.74, 6) is -0.428. The highest BCUT2D eigenvalue weighted by Gasteiger charge is 2.53. The molecule has 2 rings (SSSR count). The van der Waals surface area contributed by atoms with Crippen LogP contribution in [0.15, 0.2) is 0 Å². The van der Waals surface area contributed by atoms with Crippen molar-refractivity contribution in [1.29, 1.82) is 0 Å². The lowest BCUT2D eigenvalue weighted by atomic mass is 9.67. The summed E-state index contributed by atoms with van der Waals surface area (Å²) in [6.45, 7) is 0.657. The van der Waals surface area contributed by atoms with Gasteiger partial charge in [-0.05, 0) is 25.7 Å². The molecular formula is C11H20N2O3. The molecule has 0 bridgehead atoms. The Morgan fingerprint density at radius 2 is 2.06 bits per heavy atom. The van der Waals surface area contributed by atoms with E-state index in [0.717, 1.165) is 12.8 Å². The fourth-order valence-corrected chi connectivity index (χ4v) is 2.59. The normalized spacial score (nSPS) is 33.2. The van der Waals surface area contributed by atoms with Gasteiger partial charge in [0, 0.05) is 6.54 Å². The van der Waals surface area contributed by atoms with Gasteiger partial charge in [-0.2, -0.15) is 0 Å². The lowest BCUT2D eigenvalue weighted by molar-refractivity contribution is -0.167. The van der Waals surface area contributed by atoms with E-state index >= 15 is 0 Å². The Labute approximate surface area is 95.6 Å². The standard InChI is InChI=1S/C10H16N2O3.CH4/c11-8(14)5-12-6-10(9(12)15)3-1-7(13)2-4-10;/h7,13H,1-6H2,(H2,11,14);1H4. The molecule has 1 heterocycles. The SMILES string of the molecule is C.NC(=O)CN1CC2(CCC(O)CC2)C1=O. The molecular weight excluding hydrogens is 208 g/mol. The number of likely N-dealkylation sites (tertiary alicyclic amines) is 1. The van der Waals surface area contributed by atoms with Crippen LogP contribution in [0.25, 0.3) is 0 Å². The van der Waals surface area contributed by atoms with Crippen LogP contribution in [0.4, 0.5) is 0 Å². The summed E-state index contributed by atoms with van der Waals surface area (Å²) in [5.41, 5.74) is 4.75. The molecule has 2 fully saturated rings. The Bertz CT molecular complexity index is 296. The van der Waals surface area contributed by atoms with E-state index in [1.165, 1.54) is 4.90 Å². The molecule has 16 heavy (non-hydrogen) atoms. The highest BCUT2D eigenvalue weighted by Crippen LogP contribution is 2.44. The Morgan fingerprint density at radius 1 is 1.50 bits per heavy atom. The minimum atomic E-state index is -0.464. The van der Waals surface area contributed by atoms with Crippen LogP contribution in [0.3, 0.4) is 0 Å². The van der Waals surface area contributed by atoms with E-state index in [1.54, 1.807) is 0 Å². The van der Waals surface area contributed by atoms with Gasteiger partial charge in [-0.3, -0.25) is 9.59 Å². The monoisotopic (exact) mass is 228 g/mol. The van der Waals surface area contributed by atoms with Crippen molar-refractivity contribution in [3.05, 3.63) is 0 Å². The van der Waals surface area contributed by atoms with E-state index in [2.05, 4.69) is 0 Å². The fraction of sp³-hybridized carbons (Fsp3) is 0.818. The number of hydrogen-bond donors (Lipinski definition) is 2. The number of carbonyl (C=O) groups excluding carboxylic acids is 2. The zero-order valence-corrected chi connectivity index (χ0v) is 8.61. The van der Waals surface area contributed by atoms with Crippen LogP contribution in [0.1, 0.15) is 33.1 Å². The Balaban J connectivity index is 0.00000128. The average molecular weight is 228 g/mol. The van der Waals surface area contributed by atoms with E-state index in [-0.39, 0.29) is 31.4 Å². The number of β-lactam (4-membered cyclic amide) rings is 1. The van der Waals surface area contributed by atoms with Gasteiger partial charge in [0.2, 0.25) is 11.8 Å². The molecule has 0 aromatic heterocycles. The molecule has 3 N–H and O–H groups in total. The largest absolute Gasteiger partial charge is 0.393 e. The van der Waals surface area contributed by atoms with E-state index in [4.69, 9.17) is 5.73 Å². The van der Waals surface area contributed by atoms with Gasteiger partial charge >= 0.3 is 0 Å². The van der Waals surface area contributed by atoms with Gasteiger partial charge in [0.05, 0.1) is 18.1 Å². The van der Waals surface area contributed by atoms with Crippen LogP contribution >= 0.6 is 0 Å². The van der Waals surface area contributed by atoms with Gasteiger partial charge in [-0.1, -0.05) is 7.43 Å². The van der Waals surface area contributed by atoms with E-state index in [1.807, 2.05) is 0 Å². The second-order valence-electron chi connectivity index (χ2n) is 4.64. The van der Waals surface area contributed by atoms with Crippen LogP contribution in [-0.2, 0) is 9.59 Å². The van der Waals surface area contributed by atoms with Crippen molar-refractivity contribution < 1.29 is 14.7 Å². The maximum absolute atomic E-state index is 11.8. The molecule has 0 aromatic rings. The number of amides is 2. The number of aliphatic hydroxyl groups is 1. The molecule has 2 amide bonds. The predicted octanol–water partition coefficient (Wildman–Crippen LogP) is -0.129. The number of nitrogens with zero attached hydrogens (tertiary/aromatic N) is 1. The van der Waals surface area contributed by atoms with Crippen LogP contribution in [0, 0.1) is 5.41 Å². The Kier molecular flexibility index (Phi) is 3.57. The van der Waals surface area contributed by atoms with E-state index in [9.17, 15) is 14.7 Å². The second-order valence-corrected chi connectivity index (χ2v) is 4.64. The van der Waals surface area contributed by atoms with E-state index < -0.39 is 5.91 Å². The third-order valence-electron chi connectivity index (χ3n) is 3.49. The zero-order chi connectivity index (χ0) is 11.1. The average Bonchev–Trinajstić information content (AvgIpc) is 2.19. The first-order chi connectivity index (χ1) is 7.03. The molecule has 0 radical (unpaired) electrons. The molecule has 0 unspecified atom stereocenters. The molecule has 1 aliphatic carbocycles. The fourth-order valence-electron chi connectivity index (χ4n) is 2.59. The molecule has 2 aliphatic rings. The van der Waals surface area contributed by atoms with Crippen molar-refractivity contribution >= 4 is 11.8 Å².